The van der Waals surface area contributed by atoms with Gasteiger partial charge in [0.25, 0.3) is 5.56 Å². The average molecular weight is 471 g/mol. The lowest BCUT2D eigenvalue weighted by molar-refractivity contribution is 0.291. The molecule has 2 aromatic carbocycles. The highest BCUT2D eigenvalue weighted by atomic mass is 16.3. The van der Waals surface area contributed by atoms with Crippen molar-refractivity contribution in [2.24, 2.45) is 0 Å². The first-order valence-corrected chi connectivity index (χ1v) is 11.3. The first-order chi connectivity index (χ1) is 17.0. The number of aliphatic hydroxyl groups is 1. The Morgan fingerprint density at radius 3 is 2.77 bits per heavy atom. The Balaban J connectivity index is 1.54. The molecular formula is C26H26N6O3. The molecular weight excluding hydrogens is 444 g/mol. The molecule has 0 aliphatic heterocycles. The number of para-hydroxylation sites is 1. The van der Waals surface area contributed by atoms with Crippen LogP contribution in [0.4, 0.5) is 5.69 Å². The maximum absolute atomic E-state index is 13.0. The number of phenols is 1. The van der Waals surface area contributed by atoms with E-state index in [4.69, 9.17) is 4.98 Å². The van der Waals surface area contributed by atoms with E-state index >= 15 is 0 Å². The third-order valence-electron chi connectivity index (χ3n) is 6.22. The normalized spacial score (nSPS) is 11.3. The molecule has 0 bridgehead atoms. The highest BCUT2D eigenvalue weighted by Gasteiger charge is 2.20. The summed E-state index contributed by atoms with van der Waals surface area (Å²) in [5.41, 5.74) is 5.59. The molecule has 3 heterocycles. The van der Waals surface area contributed by atoms with Gasteiger partial charge in [-0.1, -0.05) is 18.2 Å². The predicted molar refractivity (Wildman–Crippen MR) is 135 cm³/mol. The summed E-state index contributed by atoms with van der Waals surface area (Å²) in [5, 5.41) is 20.6. The van der Waals surface area contributed by atoms with Crippen LogP contribution in [0.15, 0.2) is 66.1 Å². The summed E-state index contributed by atoms with van der Waals surface area (Å²) >= 11 is 0. The maximum Gasteiger partial charge on any atom is 0.261 e. The number of fused-ring (bicyclic) bond motifs is 1. The van der Waals surface area contributed by atoms with Crippen LogP contribution in [0.25, 0.3) is 28.1 Å². The van der Waals surface area contributed by atoms with Crippen LogP contribution in [-0.4, -0.2) is 48.0 Å². The average Bonchev–Trinajstić information content (AvgIpc) is 3.52. The van der Waals surface area contributed by atoms with Crippen molar-refractivity contribution in [3.63, 3.8) is 0 Å². The number of nitrogens with one attached hydrogen (secondary N) is 2. The number of phenolic OH excluding ortho intramolecular Hbond substituents is 1. The van der Waals surface area contributed by atoms with Gasteiger partial charge in [0.1, 0.15) is 23.9 Å². The third kappa shape index (κ3) is 4.17. The van der Waals surface area contributed by atoms with Crippen molar-refractivity contribution >= 4 is 16.7 Å². The molecule has 35 heavy (non-hydrogen) atoms. The van der Waals surface area contributed by atoms with Gasteiger partial charge in [0, 0.05) is 30.8 Å². The van der Waals surface area contributed by atoms with E-state index in [-0.39, 0.29) is 18.0 Å². The number of aromatic hydroxyl groups is 1. The molecule has 3 aromatic heterocycles. The number of H-pyrrole nitrogens is 2. The van der Waals surface area contributed by atoms with Gasteiger partial charge in [-0.05, 0) is 55.2 Å². The molecule has 0 spiro atoms. The van der Waals surface area contributed by atoms with E-state index in [1.54, 1.807) is 29.7 Å². The maximum atomic E-state index is 13.0. The molecule has 9 heteroatoms. The van der Waals surface area contributed by atoms with E-state index < -0.39 is 0 Å². The van der Waals surface area contributed by atoms with E-state index in [9.17, 15) is 15.0 Å². The molecule has 5 rings (SSSR count). The number of anilines is 1. The number of hydrogen-bond donors (Lipinski definition) is 4. The van der Waals surface area contributed by atoms with Crippen molar-refractivity contribution in [2.45, 2.75) is 20.3 Å². The number of nitrogens with zero attached hydrogens (tertiary/aromatic N) is 4. The minimum atomic E-state index is -0.314. The second kappa shape index (κ2) is 9.11. The van der Waals surface area contributed by atoms with Crippen LogP contribution in [-0.2, 0) is 6.42 Å². The fourth-order valence-corrected chi connectivity index (χ4v) is 4.36. The third-order valence-corrected chi connectivity index (χ3v) is 6.22. The zero-order valence-corrected chi connectivity index (χ0v) is 19.5. The van der Waals surface area contributed by atoms with Crippen LogP contribution < -0.4 is 10.5 Å². The SMILES string of the molecule is Cc1cccc(CCN(CO)c2cc[nH]c(=O)c2-c2nc3c(C)cc(-n4ccnc4)cc3[nH]2)c1O. The number of aromatic amines is 2. The molecule has 0 unspecified atom stereocenters. The summed E-state index contributed by atoms with van der Waals surface area (Å²) in [5.74, 6) is 0.664. The van der Waals surface area contributed by atoms with E-state index in [0.29, 0.717) is 30.0 Å². The number of benzene rings is 2. The summed E-state index contributed by atoms with van der Waals surface area (Å²) in [6.45, 7) is 3.91. The first-order valence-electron chi connectivity index (χ1n) is 11.3. The fraction of sp³-hybridized carbons (Fsp3) is 0.192. The Morgan fingerprint density at radius 2 is 2.00 bits per heavy atom. The van der Waals surface area contributed by atoms with Gasteiger partial charge in [0.15, 0.2) is 0 Å². The standard InChI is InChI=1S/C26H26N6O3/c1-16-4-3-5-18(24(16)34)7-10-32(15-33)21-6-8-28-26(35)22(21)25-29-20-13-19(31-11-9-27-14-31)12-17(2)23(20)30-25/h3-6,8-9,11-14,33-34H,7,10,15H2,1-2H3,(H,28,35)(H,29,30). The van der Waals surface area contributed by atoms with Gasteiger partial charge in [0.2, 0.25) is 0 Å². The highest BCUT2D eigenvalue weighted by molar-refractivity contribution is 5.86. The van der Waals surface area contributed by atoms with Crippen molar-refractivity contribution in [3.05, 3.63) is 88.4 Å². The lowest BCUT2D eigenvalue weighted by Gasteiger charge is -2.24. The molecule has 0 saturated carbocycles. The van der Waals surface area contributed by atoms with Crippen molar-refractivity contribution in [2.75, 3.05) is 18.2 Å². The predicted octanol–water partition coefficient (Wildman–Crippen LogP) is 3.43. The summed E-state index contributed by atoms with van der Waals surface area (Å²) in [6.07, 6.45) is 7.35. The summed E-state index contributed by atoms with van der Waals surface area (Å²) in [7, 11) is 0. The molecule has 0 aliphatic carbocycles. The monoisotopic (exact) mass is 470 g/mol. The Labute approximate surface area is 201 Å². The highest BCUT2D eigenvalue weighted by Crippen LogP contribution is 2.30. The smallest absolute Gasteiger partial charge is 0.261 e. The minimum absolute atomic E-state index is 0.248. The van der Waals surface area contributed by atoms with Crippen molar-refractivity contribution < 1.29 is 10.2 Å². The van der Waals surface area contributed by atoms with E-state index in [1.807, 2.05) is 54.9 Å². The zero-order valence-electron chi connectivity index (χ0n) is 19.5. The van der Waals surface area contributed by atoms with Crippen molar-refractivity contribution in [1.29, 1.82) is 0 Å². The van der Waals surface area contributed by atoms with Crippen molar-refractivity contribution in [1.82, 2.24) is 24.5 Å². The van der Waals surface area contributed by atoms with Gasteiger partial charge in [-0.2, -0.15) is 0 Å². The van der Waals surface area contributed by atoms with Crippen LogP contribution in [0.1, 0.15) is 16.7 Å². The van der Waals surface area contributed by atoms with Gasteiger partial charge in [-0.3, -0.25) is 4.79 Å². The number of aromatic nitrogens is 5. The number of aryl methyl sites for hydroxylation is 2. The van der Waals surface area contributed by atoms with Gasteiger partial charge in [-0.15, -0.1) is 0 Å². The number of imidazole rings is 2. The lowest BCUT2D eigenvalue weighted by Crippen LogP contribution is -2.29. The number of pyridine rings is 1. The second-order valence-corrected chi connectivity index (χ2v) is 8.52. The molecule has 0 fully saturated rings. The Kier molecular flexibility index (Phi) is 5.84. The lowest BCUT2D eigenvalue weighted by atomic mass is 10.1. The van der Waals surface area contributed by atoms with Gasteiger partial charge in [0.05, 0.1) is 23.0 Å². The zero-order chi connectivity index (χ0) is 24.5. The molecule has 9 nitrogen and oxygen atoms in total. The molecule has 178 valence electrons. The Bertz CT molecular complexity index is 1550. The quantitative estimate of drug-likeness (QED) is 0.270. The summed E-state index contributed by atoms with van der Waals surface area (Å²) in [6, 6.07) is 11.3. The fourth-order valence-electron chi connectivity index (χ4n) is 4.36. The number of hydrogen-bond acceptors (Lipinski definition) is 6. The number of aliphatic hydroxyl groups excluding tert-OH is 1. The van der Waals surface area contributed by atoms with E-state index in [0.717, 1.165) is 33.4 Å². The van der Waals surface area contributed by atoms with Gasteiger partial charge >= 0.3 is 0 Å². The molecule has 0 amide bonds. The van der Waals surface area contributed by atoms with Crippen LogP contribution in [0.3, 0.4) is 0 Å². The van der Waals surface area contributed by atoms with E-state index in [1.165, 1.54) is 0 Å². The molecule has 0 atom stereocenters. The molecule has 0 saturated heterocycles. The Hall–Kier alpha value is -4.37. The number of rotatable bonds is 7. The van der Waals surface area contributed by atoms with Crippen LogP contribution in [0, 0.1) is 13.8 Å². The van der Waals surface area contributed by atoms with E-state index in [2.05, 4.69) is 15.0 Å². The van der Waals surface area contributed by atoms with Gasteiger partial charge in [-0.25, -0.2) is 9.97 Å². The largest absolute Gasteiger partial charge is 0.507 e. The van der Waals surface area contributed by atoms with Crippen LogP contribution in [0.2, 0.25) is 0 Å². The molecule has 4 N–H and O–H groups in total. The minimum Gasteiger partial charge on any atom is -0.507 e. The summed E-state index contributed by atoms with van der Waals surface area (Å²) in [4.78, 5) is 29.5. The van der Waals surface area contributed by atoms with Crippen LogP contribution in [0.5, 0.6) is 5.75 Å². The molecule has 0 radical (unpaired) electrons. The first kappa shape index (κ1) is 22.4. The Morgan fingerprint density at radius 1 is 1.14 bits per heavy atom. The van der Waals surface area contributed by atoms with Crippen LogP contribution >= 0.6 is 0 Å². The van der Waals surface area contributed by atoms with Gasteiger partial charge < -0.3 is 29.6 Å². The topological polar surface area (TPSA) is 123 Å². The summed E-state index contributed by atoms with van der Waals surface area (Å²) < 4.78 is 1.90. The second-order valence-electron chi connectivity index (χ2n) is 8.52. The van der Waals surface area contributed by atoms with Crippen molar-refractivity contribution in [3.8, 4) is 22.8 Å². The molecule has 5 aromatic rings. The molecule has 0 aliphatic rings.